The number of nitrogens with one attached hydrogen (secondary N) is 1. The molecule has 0 aliphatic carbocycles. The molecule has 2 aromatic carbocycles. The Morgan fingerprint density at radius 3 is 2.55 bits per heavy atom. The first-order chi connectivity index (χ1) is 9.58. The molecule has 2 rings (SSSR count). The van der Waals surface area contributed by atoms with Crippen LogP contribution in [0.3, 0.4) is 0 Å². The van der Waals surface area contributed by atoms with Gasteiger partial charge in [0, 0.05) is 16.1 Å². The number of benzene rings is 2. The molecule has 0 heterocycles. The summed E-state index contributed by atoms with van der Waals surface area (Å²) >= 11 is 5.98. The molecule has 0 aromatic heterocycles. The Kier molecular flexibility index (Phi) is 4.57. The topological polar surface area (TPSA) is 21.3 Å². The number of halogens is 3. The molecule has 1 atom stereocenters. The van der Waals surface area contributed by atoms with Crippen molar-refractivity contribution in [1.29, 1.82) is 0 Å². The van der Waals surface area contributed by atoms with Crippen molar-refractivity contribution in [3.8, 4) is 5.75 Å². The van der Waals surface area contributed by atoms with Crippen molar-refractivity contribution in [2.45, 2.75) is 6.04 Å². The van der Waals surface area contributed by atoms with Crippen LogP contribution in [0.1, 0.15) is 17.2 Å². The van der Waals surface area contributed by atoms with E-state index in [1.165, 1.54) is 19.2 Å². The van der Waals surface area contributed by atoms with Gasteiger partial charge in [0.05, 0.1) is 13.2 Å². The SMILES string of the molecule is CNC(c1cc(Cl)ccc1OC)c1cccc(F)c1F. The van der Waals surface area contributed by atoms with Crippen LogP contribution in [0.5, 0.6) is 5.75 Å². The Balaban J connectivity index is 2.58. The van der Waals surface area contributed by atoms with Crippen molar-refractivity contribution in [1.82, 2.24) is 5.32 Å². The number of hydrogen-bond donors (Lipinski definition) is 1. The molecule has 0 saturated heterocycles. The molecule has 0 bridgehead atoms. The first-order valence-corrected chi connectivity index (χ1v) is 6.41. The fourth-order valence-corrected chi connectivity index (χ4v) is 2.33. The smallest absolute Gasteiger partial charge is 0.163 e. The molecule has 0 aliphatic rings. The summed E-state index contributed by atoms with van der Waals surface area (Å²) in [6.07, 6.45) is 0. The van der Waals surface area contributed by atoms with Crippen LogP contribution in [0, 0.1) is 11.6 Å². The van der Waals surface area contributed by atoms with Gasteiger partial charge >= 0.3 is 0 Å². The molecule has 0 radical (unpaired) electrons. The second kappa shape index (κ2) is 6.20. The van der Waals surface area contributed by atoms with Crippen molar-refractivity contribution in [2.24, 2.45) is 0 Å². The maximum absolute atomic E-state index is 14.0. The van der Waals surface area contributed by atoms with Crippen LogP contribution in [0.4, 0.5) is 8.78 Å². The maximum Gasteiger partial charge on any atom is 0.163 e. The monoisotopic (exact) mass is 297 g/mol. The van der Waals surface area contributed by atoms with Crippen molar-refractivity contribution < 1.29 is 13.5 Å². The van der Waals surface area contributed by atoms with Gasteiger partial charge in [0.25, 0.3) is 0 Å². The lowest BCUT2D eigenvalue weighted by atomic mass is 9.97. The average Bonchev–Trinajstić information content (AvgIpc) is 2.44. The first kappa shape index (κ1) is 14.8. The van der Waals surface area contributed by atoms with E-state index in [9.17, 15) is 8.78 Å². The standard InChI is InChI=1S/C15H14ClF2NO/c1-19-15(10-4-3-5-12(17)14(10)18)11-8-9(16)6-7-13(11)20-2/h3-8,15,19H,1-2H3. The van der Waals surface area contributed by atoms with Crippen LogP contribution < -0.4 is 10.1 Å². The zero-order chi connectivity index (χ0) is 14.7. The van der Waals surface area contributed by atoms with Gasteiger partial charge < -0.3 is 10.1 Å². The lowest BCUT2D eigenvalue weighted by Crippen LogP contribution is -2.20. The zero-order valence-electron chi connectivity index (χ0n) is 11.1. The van der Waals surface area contributed by atoms with E-state index in [-0.39, 0.29) is 5.56 Å². The van der Waals surface area contributed by atoms with E-state index in [4.69, 9.17) is 16.3 Å². The molecule has 0 saturated carbocycles. The van der Waals surface area contributed by atoms with Crippen molar-refractivity contribution in [3.63, 3.8) is 0 Å². The van der Waals surface area contributed by atoms with Gasteiger partial charge in [-0.15, -0.1) is 0 Å². The molecular formula is C15H14ClF2NO. The Morgan fingerprint density at radius 2 is 1.90 bits per heavy atom. The molecule has 106 valence electrons. The molecule has 1 N–H and O–H groups in total. The quantitative estimate of drug-likeness (QED) is 0.923. The summed E-state index contributed by atoms with van der Waals surface area (Å²) < 4.78 is 32.6. The summed E-state index contributed by atoms with van der Waals surface area (Å²) in [6.45, 7) is 0. The van der Waals surface area contributed by atoms with Crippen LogP contribution in [-0.2, 0) is 0 Å². The van der Waals surface area contributed by atoms with Crippen LogP contribution in [0.25, 0.3) is 0 Å². The van der Waals surface area contributed by atoms with Gasteiger partial charge in [-0.25, -0.2) is 8.78 Å². The molecule has 2 aromatic rings. The second-order valence-electron chi connectivity index (χ2n) is 4.25. The highest BCUT2D eigenvalue weighted by Gasteiger charge is 2.21. The largest absolute Gasteiger partial charge is 0.496 e. The van der Waals surface area contributed by atoms with Gasteiger partial charge in [-0.2, -0.15) is 0 Å². The lowest BCUT2D eigenvalue weighted by Gasteiger charge is -2.20. The number of hydrogen-bond acceptors (Lipinski definition) is 2. The van der Waals surface area contributed by atoms with Crippen LogP contribution in [0.2, 0.25) is 5.02 Å². The summed E-state index contributed by atoms with van der Waals surface area (Å²) in [5.74, 6) is -1.21. The van der Waals surface area contributed by atoms with Gasteiger partial charge in [0.15, 0.2) is 11.6 Å². The molecule has 0 amide bonds. The Labute approximate surface area is 121 Å². The van der Waals surface area contributed by atoms with E-state index in [1.807, 2.05) is 0 Å². The maximum atomic E-state index is 14.0. The molecule has 0 spiro atoms. The summed E-state index contributed by atoms with van der Waals surface area (Å²) in [7, 11) is 3.18. The minimum Gasteiger partial charge on any atom is -0.496 e. The van der Waals surface area contributed by atoms with Crippen molar-refractivity contribution >= 4 is 11.6 Å². The van der Waals surface area contributed by atoms with Gasteiger partial charge in [-0.05, 0) is 31.3 Å². The van der Waals surface area contributed by atoms with E-state index >= 15 is 0 Å². The summed E-state index contributed by atoms with van der Waals surface area (Å²) in [6, 6.07) is 8.57. The van der Waals surface area contributed by atoms with E-state index in [0.717, 1.165) is 6.07 Å². The predicted molar refractivity (Wildman–Crippen MR) is 75.3 cm³/mol. The van der Waals surface area contributed by atoms with Gasteiger partial charge in [0.1, 0.15) is 5.75 Å². The first-order valence-electron chi connectivity index (χ1n) is 6.03. The van der Waals surface area contributed by atoms with E-state index in [0.29, 0.717) is 16.3 Å². The van der Waals surface area contributed by atoms with Gasteiger partial charge in [-0.3, -0.25) is 0 Å². The third-order valence-electron chi connectivity index (χ3n) is 3.08. The normalized spacial score (nSPS) is 12.2. The van der Waals surface area contributed by atoms with Gasteiger partial charge in [0.2, 0.25) is 0 Å². The fourth-order valence-electron chi connectivity index (χ4n) is 2.15. The Morgan fingerprint density at radius 1 is 1.15 bits per heavy atom. The highest BCUT2D eigenvalue weighted by molar-refractivity contribution is 6.30. The number of rotatable bonds is 4. The van der Waals surface area contributed by atoms with Crippen molar-refractivity contribution in [3.05, 3.63) is 64.2 Å². The predicted octanol–water partition coefficient (Wildman–Crippen LogP) is 3.94. The molecule has 0 fully saturated rings. The van der Waals surface area contributed by atoms with Crippen LogP contribution >= 0.6 is 11.6 Å². The third kappa shape index (κ3) is 2.76. The minimum atomic E-state index is -0.885. The summed E-state index contributed by atoms with van der Waals surface area (Å²) in [5.41, 5.74) is 0.847. The third-order valence-corrected chi connectivity index (χ3v) is 3.32. The highest BCUT2D eigenvalue weighted by Crippen LogP contribution is 2.33. The van der Waals surface area contributed by atoms with Crippen LogP contribution in [0.15, 0.2) is 36.4 Å². The lowest BCUT2D eigenvalue weighted by molar-refractivity contribution is 0.403. The molecule has 2 nitrogen and oxygen atoms in total. The summed E-state index contributed by atoms with van der Waals surface area (Å²) in [4.78, 5) is 0. The molecule has 1 unspecified atom stereocenters. The highest BCUT2D eigenvalue weighted by atomic mass is 35.5. The van der Waals surface area contributed by atoms with E-state index in [2.05, 4.69) is 5.32 Å². The second-order valence-corrected chi connectivity index (χ2v) is 4.69. The van der Waals surface area contributed by atoms with E-state index < -0.39 is 17.7 Å². The number of ether oxygens (including phenoxy) is 1. The molecule has 20 heavy (non-hydrogen) atoms. The zero-order valence-corrected chi connectivity index (χ0v) is 11.8. The average molecular weight is 298 g/mol. The Hall–Kier alpha value is -1.65. The van der Waals surface area contributed by atoms with Crippen LogP contribution in [-0.4, -0.2) is 14.2 Å². The molecule has 0 aliphatic heterocycles. The molecule has 5 heteroatoms. The van der Waals surface area contributed by atoms with E-state index in [1.54, 1.807) is 25.2 Å². The Bertz CT molecular complexity index is 619. The van der Waals surface area contributed by atoms with Gasteiger partial charge in [-0.1, -0.05) is 23.7 Å². The fraction of sp³-hybridized carbons (Fsp3) is 0.200. The number of methoxy groups -OCH3 is 1. The molecular weight excluding hydrogens is 284 g/mol. The van der Waals surface area contributed by atoms with Crippen molar-refractivity contribution in [2.75, 3.05) is 14.2 Å². The summed E-state index contributed by atoms with van der Waals surface area (Å²) in [5, 5.41) is 3.46. The minimum absolute atomic E-state index is 0.202.